The van der Waals surface area contributed by atoms with E-state index in [1.165, 1.54) is 6.42 Å². The topological polar surface area (TPSA) is 25.2 Å². The van der Waals surface area contributed by atoms with Crippen LogP contribution in [0.1, 0.15) is 58.8 Å². The van der Waals surface area contributed by atoms with Gasteiger partial charge in [-0.1, -0.05) is 27.7 Å². The van der Waals surface area contributed by atoms with Crippen molar-refractivity contribution in [3.8, 4) is 0 Å². The molecule has 0 saturated heterocycles. The molecule has 98 valence electrons. The molecule has 0 aromatic carbocycles. The summed E-state index contributed by atoms with van der Waals surface area (Å²) in [4.78, 5) is 0. The molecule has 1 aromatic rings. The van der Waals surface area contributed by atoms with Gasteiger partial charge in [-0.3, -0.25) is 0 Å². The molecule has 17 heavy (non-hydrogen) atoms. The van der Waals surface area contributed by atoms with Gasteiger partial charge in [0.1, 0.15) is 5.76 Å². The van der Waals surface area contributed by atoms with Crippen LogP contribution in [0.3, 0.4) is 0 Å². The van der Waals surface area contributed by atoms with E-state index in [-0.39, 0.29) is 0 Å². The number of nitrogens with one attached hydrogen (secondary N) is 1. The van der Waals surface area contributed by atoms with E-state index >= 15 is 0 Å². The van der Waals surface area contributed by atoms with E-state index in [0.29, 0.717) is 11.5 Å². The van der Waals surface area contributed by atoms with Crippen molar-refractivity contribution in [3.63, 3.8) is 0 Å². The monoisotopic (exact) mass is 301 g/mol. The molecule has 1 aromatic heterocycles. The van der Waals surface area contributed by atoms with Crippen molar-refractivity contribution in [1.82, 2.24) is 5.32 Å². The number of hydrogen-bond acceptors (Lipinski definition) is 2. The summed E-state index contributed by atoms with van der Waals surface area (Å²) in [5.74, 6) is 1.04. The highest BCUT2D eigenvalue weighted by Gasteiger charge is 2.18. The Kier molecular flexibility index (Phi) is 5.74. The van der Waals surface area contributed by atoms with Crippen molar-refractivity contribution >= 4 is 15.9 Å². The smallest absolute Gasteiger partial charge is 0.169 e. The summed E-state index contributed by atoms with van der Waals surface area (Å²) in [7, 11) is 0. The van der Waals surface area contributed by atoms with Crippen molar-refractivity contribution in [3.05, 3.63) is 22.6 Å². The Bertz CT molecular complexity index is 327. The molecule has 2 nitrogen and oxygen atoms in total. The molecule has 0 radical (unpaired) electrons. The molecule has 0 bridgehead atoms. The first kappa shape index (κ1) is 14.8. The highest BCUT2D eigenvalue weighted by Crippen LogP contribution is 2.29. The maximum absolute atomic E-state index is 5.66. The van der Waals surface area contributed by atoms with Crippen LogP contribution in [-0.2, 0) is 0 Å². The number of rotatable bonds is 6. The summed E-state index contributed by atoms with van der Waals surface area (Å²) in [6.45, 7) is 10.1. The van der Waals surface area contributed by atoms with E-state index in [1.54, 1.807) is 0 Å². The zero-order valence-electron chi connectivity index (χ0n) is 11.3. The van der Waals surface area contributed by atoms with Crippen LogP contribution in [0.15, 0.2) is 21.2 Å². The average Bonchev–Trinajstić information content (AvgIpc) is 2.63. The van der Waals surface area contributed by atoms with Crippen LogP contribution in [0.25, 0.3) is 0 Å². The van der Waals surface area contributed by atoms with Gasteiger partial charge in [0, 0.05) is 0 Å². The van der Waals surface area contributed by atoms with Gasteiger partial charge in [-0.2, -0.15) is 0 Å². The van der Waals surface area contributed by atoms with Gasteiger partial charge in [-0.25, -0.2) is 0 Å². The fraction of sp³-hybridized carbons (Fsp3) is 0.714. The van der Waals surface area contributed by atoms with Crippen LogP contribution in [0.5, 0.6) is 0 Å². The second kappa shape index (κ2) is 6.60. The SMILES string of the molecule is CCCNC(CCC(C)(C)C)c1ccc(Br)o1. The van der Waals surface area contributed by atoms with E-state index < -0.39 is 0 Å². The molecule has 0 aliphatic rings. The maximum atomic E-state index is 5.66. The number of hydrogen-bond donors (Lipinski definition) is 1. The fourth-order valence-corrected chi connectivity index (χ4v) is 2.08. The second-order valence-electron chi connectivity index (χ2n) is 5.75. The van der Waals surface area contributed by atoms with Gasteiger partial charge < -0.3 is 9.73 Å². The third kappa shape index (κ3) is 5.73. The summed E-state index contributed by atoms with van der Waals surface area (Å²) in [6, 6.07) is 4.35. The lowest BCUT2D eigenvalue weighted by molar-refractivity contribution is 0.308. The van der Waals surface area contributed by atoms with Gasteiger partial charge in [0.25, 0.3) is 0 Å². The predicted octanol–water partition coefficient (Wildman–Crippen LogP) is 4.91. The Morgan fingerprint density at radius 1 is 1.35 bits per heavy atom. The van der Waals surface area contributed by atoms with Crippen LogP contribution >= 0.6 is 15.9 Å². The summed E-state index contributed by atoms with van der Waals surface area (Å²) in [5.41, 5.74) is 0.371. The molecule has 0 aliphatic carbocycles. The van der Waals surface area contributed by atoms with E-state index in [9.17, 15) is 0 Å². The first-order valence-electron chi connectivity index (χ1n) is 6.41. The van der Waals surface area contributed by atoms with Crippen LogP contribution in [0, 0.1) is 5.41 Å². The van der Waals surface area contributed by atoms with Gasteiger partial charge in [0.05, 0.1) is 6.04 Å². The van der Waals surface area contributed by atoms with Crippen LogP contribution in [-0.4, -0.2) is 6.54 Å². The summed E-state index contributed by atoms with van der Waals surface area (Å²) in [6.07, 6.45) is 3.45. The molecule has 3 heteroatoms. The minimum absolute atomic E-state index is 0.334. The Morgan fingerprint density at radius 2 is 2.06 bits per heavy atom. The highest BCUT2D eigenvalue weighted by atomic mass is 79.9. The molecule has 0 spiro atoms. The minimum atomic E-state index is 0.334. The summed E-state index contributed by atoms with van der Waals surface area (Å²) in [5, 5.41) is 3.56. The molecular formula is C14H24BrNO. The molecular weight excluding hydrogens is 278 g/mol. The zero-order chi connectivity index (χ0) is 12.9. The Labute approximate surface area is 113 Å². The fourth-order valence-electron chi connectivity index (χ4n) is 1.76. The van der Waals surface area contributed by atoms with Crippen molar-refractivity contribution in [2.75, 3.05) is 6.54 Å². The normalized spacial score (nSPS) is 13.9. The molecule has 0 fully saturated rings. The molecule has 0 saturated carbocycles. The van der Waals surface area contributed by atoms with E-state index in [0.717, 1.165) is 29.8 Å². The van der Waals surface area contributed by atoms with Gasteiger partial charge in [0.15, 0.2) is 4.67 Å². The van der Waals surface area contributed by atoms with Crippen molar-refractivity contribution in [2.45, 2.75) is 53.0 Å². The molecule has 1 unspecified atom stereocenters. The van der Waals surface area contributed by atoms with Gasteiger partial charge >= 0.3 is 0 Å². The lowest BCUT2D eigenvalue weighted by Crippen LogP contribution is -2.23. The number of furan rings is 1. The summed E-state index contributed by atoms with van der Waals surface area (Å²) < 4.78 is 6.47. The van der Waals surface area contributed by atoms with E-state index in [2.05, 4.69) is 55.0 Å². The van der Waals surface area contributed by atoms with Crippen molar-refractivity contribution in [2.24, 2.45) is 5.41 Å². The van der Waals surface area contributed by atoms with Crippen molar-refractivity contribution in [1.29, 1.82) is 0 Å². The maximum Gasteiger partial charge on any atom is 0.169 e. The Hall–Kier alpha value is -0.280. The summed E-state index contributed by atoms with van der Waals surface area (Å²) >= 11 is 3.36. The standard InChI is InChI=1S/C14H24BrNO/c1-5-10-16-11(8-9-14(2,3)4)12-6-7-13(15)17-12/h6-7,11,16H,5,8-10H2,1-4H3. The quantitative estimate of drug-likeness (QED) is 0.807. The lowest BCUT2D eigenvalue weighted by atomic mass is 9.88. The second-order valence-corrected chi connectivity index (χ2v) is 6.53. The molecule has 0 aliphatic heterocycles. The highest BCUT2D eigenvalue weighted by molar-refractivity contribution is 9.10. The molecule has 0 amide bonds. The Morgan fingerprint density at radius 3 is 2.53 bits per heavy atom. The predicted molar refractivity (Wildman–Crippen MR) is 76.1 cm³/mol. The van der Waals surface area contributed by atoms with E-state index in [1.807, 2.05) is 6.07 Å². The zero-order valence-corrected chi connectivity index (χ0v) is 12.9. The molecule has 1 atom stereocenters. The molecule has 1 heterocycles. The average molecular weight is 302 g/mol. The Balaban J connectivity index is 2.60. The molecule has 1 N–H and O–H groups in total. The first-order valence-corrected chi connectivity index (χ1v) is 7.20. The van der Waals surface area contributed by atoms with Gasteiger partial charge in [-0.05, 0) is 59.3 Å². The van der Waals surface area contributed by atoms with Crippen LogP contribution in [0.4, 0.5) is 0 Å². The third-order valence-electron chi connectivity index (χ3n) is 2.76. The lowest BCUT2D eigenvalue weighted by Gasteiger charge is -2.22. The van der Waals surface area contributed by atoms with Crippen molar-refractivity contribution < 1.29 is 4.42 Å². The van der Waals surface area contributed by atoms with Gasteiger partial charge in [-0.15, -0.1) is 0 Å². The third-order valence-corrected chi connectivity index (χ3v) is 3.19. The minimum Gasteiger partial charge on any atom is -0.453 e. The first-order chi connectivity index (χ1) is 7.92. The number of halogens is 1. The van der Waals surface area contributed by atoms with Crippen LogP contribution in [0.2, 0.25) is 0 Å². The van der Waals surface area contributed by atoms with Gasteiger partial charge in [0.2, 0.25) is 0 Å². The van der Waals surface area contributed by atoms with E-state index in [4.69, 9.17) is 4.42 Å². The molecule has 1 rings (SSSR count). The largest absolute Gasteiger partial charge is 0.453 e. The van der Waals surface area contributed by atoms with Crippen LogP contribution < -0.4 is 5.32 Å².